The molecular weight excluding hydrogens is 380 g/mol. The van der Waals surface area contributed by atoms with E-state index in [9.17, 15) is 0 Å². The molecule has 0 saturated carbocycles. The second-order valence-electron chi connectivity index (χ2n) is 7.82. The Kier molecular flexibility index (Phi) is 8.71. The minimum absolute atomic E-state index is 0.0407. The normalized spacial score (nSPS) is 16.0. The lowest BCUT2D eigenvalue weighted by Crippen LogP contribution is -2.34. The SMILES string of the molecule is COc1ccc(OC(CCN(C)C)c2ccc(CCN3CCSCC3)cc2)cc1. The van der Waals surface area contributed by atoms with Gasteiger partial charge in [-0.2, -0.15) is 11.8 Å². The summed E-state index contributed by atoms with van der Waals surface area (Å²) in [6, 6.07) is 16.9. The highest BCUT2D eigenvalue weighted by Gasteiger charge is 2.15. The maximum Gasteiger partial charge on any atom is 0.125 e. The van der Waals surface area contributed by atoms with Crippen molar-refractivity contribution in [2.24, 2.45) is 0 Å². The highest BCUT2D eigenvalue weighted by atomic mass is 32.2. The number of hydrogen-bond donors (Lipinski definition) is 0. The molecular formula is C24H34N2O2S. The average Bonchev–Trinajstić information content (AvgIpc) is 2.76. The average molecular weight is 415 g/mol. The summed E-state index contributed by atoms with van der Waals surface area (Å²) in [6.07, 6.45) is 2.11. The van der Waals surface area contributed by atoms with Crippen LogP contribution in [0.3, 0.4) is 0 Å². The predicted molar refractivity (Wildman–Crippen MR) is 123 cm³/mol. The minimum atomic E-state index is 0.0407. The van der Waals surface area contributed by atoms with Crippen LogP contribution in [0.25, 0.3) is 0 Å². The number of rotatable bonds is 10. The van der Waals surface area contributed by atoms with Crippen LogP contribution in [0.15, 0.2) is 48.5 Å². The van der Waals surface area contributed by atoms with Crippen LogP contribution in [0, 0.1) is 0 Å². The quantitative estimate of drug-likeness (QED) is 0.575. The largest absolute Gasteiger partial charge is 0.497 e. The number of ether oxygens (including phenoxy) is 2. The summed E-state index contributed by atoms with van der Waals surface area (Å²) in [5.41, 5.74) is 2.64. The third kappa shape index (κ3) is 7.25. The van der Waals surface area contributed by atoms with Crippen molar-refractivity contribution in [2.45, 2.75) is 18.9 Å². The summed E-state index contributed by atoms with van der Waals surface area (Å²) in [5, 5.41) is 0. The van der Waals surface area contributed by atoms with E-state index < -0.39 is 0 Å². The van der Waals surface area contributed by atoms with Gasteiger partial charge in [0, 0.05) is 44.1 Å². The lowest BCUT2D eigenvalue weighted by molar-refractivity contribution is 0.179. The zero-order chi connectivity index (χ0) is 20.5. The van der Waals surface area contributed by atoms with Crippen molar-refractivity contribution in [3.63, 3.8) is 0 Å². The Morgan fingerprint density at radius 2 is 1.62 bits per heavy atom. The van der Waals surface area contributed by atoms with Crippen LogP contribution in [-0.2, 0) is 6.42 Å². The first-order valence-electron chi connectivity index (χ1n) is 10.5. The molecule has 0 spiro atoms. The summed E-state index contributed by atoms with van der Waals surface area (Å²) in [5.74, 6) is 4.27. The van der Waals surface area contributed by atoms with E-state index in [-0.39, 0.29) is 6.10 Å². The van der Waals surface area contributed by atoms with Gasteiger partial charge in [0.2, 0.25) is 0 Å². The molecule has 2 aromatic carbocycles. The molecule has 1 fully saturated rings. The van der Waals surface area contributed by atoms with Crippen molar-refractivity contribution in [3.8, 4) is 11.5 Å². The fourth-order valence-electron chi connectivity index (χ4n) is 3.50. The van der Waals surface area contributed by atoms with E-state index in [2.05, 4.69) is 59.9 Å². The van der Waals surface area contributed by atoms with Gasteiger partial charge in [0.1, 0.15) is 17.6 Å². The predicted octanol–water partition coefficient (Wildman–Crippen LogP) is 4.36. The molecule has 1 aliphatic heterocycles. The van der Waals surface area contributed by atoms with Gasteiger partial charge in [0.15, 0.2) is 0 Å². The van der Waals surface area contributed by atoms with E-state index in [0.29, 0.717) is 0 Å². The summed E-state index contributed by atoms with van der Waals surface area (Å²) in [6.45, 7) is 4.60. The number of methoxy groups -OCH3 is 1. The summed E-state index contributed by atoms with van der Waals surface area (Å²) in [4.78, 5) is 4.78. The van der Waals surface area contributed by atoms with Gasteiger partial charge in [-0.1, -0.05) is 24.3 Å². The molecule has 4 nitrogen and oxygen atoms in total. The van der Waals surface area contributed by atoms with Gasteiger partial charge in [-0.25, -0.2) is 0 Å². The Bertz CT molecular complexity index is 713. The van der Waals surface area contributed by atoms with Gasteiger partial charge in [-0.15, -0.1) is 0 Å². The van der Waals surface area contributed by atoms with Crippen molar-refractivity contribution in [2.75, 3.05) is 58.9 Å². The van der Waals surface area contributed by atoms with Crippen molar-refractivity contribution in [1.82, 2.24) is 9.80 Å². The molecule has 1 saturated heterocycles. The molecule has 29 heavy (non-hydrogen) atoms. The second kappa shape index (κ2) is 11.5. The summed E-state index contributed by atoms with van der Waals surface area (Å²) < 4.78 is 11.6. The number of nitrogens with zero attached hydrogens (tertiary/aromatic N) is 2. The number of hydrogen-bond acceptors (Lipinski definition) is 5. The van der Waals surface area contributed by atoms with Crippen LogP contribution in [0.4, 0.5) is 0 Å². The van der Waals surface area contributed by atoms with Gasteiger partial charge < -0.3 is 19.3 Å². The molecule has 0 N–H and O–H groups in total. The van der Waals surface area contributed by atoms with Crippen LogP contribution in [-0.4, -0.2) is 68.7 Å². The first kappa shape index (κ1) is 22.0. The van der Waals surface area contributed by atoms with E-state index in [1.807, 2.05) is 24.3 Å². The van der Waals surface area contributed by atoms with Crippen molar-refractivity contribution >= 4 is 11.8 Å². The molecule has 1 aliphatic rings. The Morgan fingerprint density at radius 3 is 2.24 bits per heavy atom. The third-order valence-electron chi connectivity index (χ3n) is 5.35. The van der Waals surface area contributed by atoms with Gasteiger partial charge >= 0.3 is 0 Å². The Balaban J connectivity index is 1.62. The van der Waals surface area contributed by atoms with Crippen molar-refractivity contribution < 1.29 is 9.47 Å². The topological polar surface area (TPSA) is 24.9 Å². The minimum Gasteiger partial charge on any atom is -0.497 e. The third-order valence-corrected chi connectivity index (χ3v) is 6.29. The van der Waals surface area contributed by atoms with Crippen LogP contribution >= 0.6 is 11.8 Å². The second-order valence-corrected chi connectivity index (χ2v) is 9.04. The molecule has 1 heterocycles. The smallest absolute Gasteiger partial charge is 0.125 e. The van der Waals surface area contributed by atoms with E-state index >= 15 is 0 Å². The molecule has 1 unspecified atom stereocenters. The monoisotopic (exact) mass is 414 g/mol. The van der Waals surface area contributed by atoms with Gasteiger partial charge in [0.25, 0.3) is 0 Å². The molecule has 2 aromatic rings. The zero-order valence-corrected chi connectivity index (χ0v) is 18.8. The molecule has 0 aromatic heterocycles. The zero-order valence-electron chi connectivity index (χ0n) is 18.0. The van der Waals surface area contributed by atoms with Gasteiger partial charge in [-0.3, -0.25) is 0 Å². The molecule has 158 valence electrons. The van der Waals surface area contributed by atoms with Gasteiger partial charge in [0.05, 0.1) is 7.11 Å². The lowest BCUT2D eigenvalue weighted by atomic mass is 10.0. The first-order chi connectivity index (χ1) is 14.1. The van der Waals surface area contributed by atoms with E-state index in [1.54, 1.807) is 7.11 Å². The number of thioether (sulfide) groups is 1. The van der Waals surface area contributed by atoms with E-state index in [1.165, 1.54) is 35.7 Å². The van der Waals surface area contributed by atoms with E-state index in [0.717, 1.165) is 37.4 Å². The Hall–Kier alpha value is -1.69. The number of benzene rings is 2. The van der Waals surface area contributed by atoms with Gasteiger partial charge in [-0.05, 0) is 55.9 Å². The fraction of sp³-hybridized carbons (Fsp3) is 0.500. The molecule has 1 atom stereocenters. The highest BCUT2D eigenvalue weighted by Crippen LogP contribution is 2.27. The molecule has 0 aliphatic carbocycles. The van der Waals surface area contributed by atoms with Crippen molar-refractivity contribution in [3.05, 3.63) is 59.7 Å². The standard InChI is InChI=1S/C24H34N2O2S/c1-25(2)14-13-24(28-23-10-8-22(27-3)9-11-23)21-6-4-20(5-7-21)12-15-26-16-18-29-19-17-26/h4-11,24H,12-19H2,1-3H3. The first-order valence-corrected chi connectivity index (χ1v) is 11.6. The maximum atomic E-state index is 6.35. The fourth-order valence-corrected chi connectivity index (χ4v) is 4.48. The molecule has 0 amide bonds. The van der Waals surface area contributed by atoms with Crippen LogP contribution in [0.1, 0.15) is 23.7 Å². The Morgan fingerprint density at radius 1 is 0.966 bits per heavy atom. The lowest BCUT2D eigenvalue weighted by Gasteiger charge is -2.26. The molecule has 3 rings (SSSR count). The highest BCUT2D eigenvalue weighted by molar-refractivity contribution is 7.99. The van der Waals surface area contributed by atoms with E-state index in [4.69, 9.17) is 9.47 Å². The molecule has 0 radical (unpaired) electrons. The molecule has 5 heteroatoms. The van der Waals surface area contributed by atoms with Crippen LogP contribution < -0.4 is 9.47 Å². The van der Waals surface area contributed by atoms with Crippen LogP contribution in [0.5, 0.6) is 11.5 Å². The van der Waals surface area contributed by atoms with Crippen LogP contribution in [0.2, 0.25) is 0 Å². The summed E-state index contributed by atoms with van der Waals surface area (Å²) in [7, 11) is 5.89. The molecule has 0 bridgehead atoms. The Labute approximate surface area is 180 Å². The summed E-state index contributed by atoms with van der Waals surface area (Å²) >= 11 is 2.07. The van der Waals surface area contributed by atoms with Crippen molar-refractivity contribution in [1.29, 1.82) is 0 Å². The maximum absolute atomic E-state index is 6.35.